The first kappa shape index (κ1) is 20.8. The molecule has 0 saturated carbocycles. The number of aliphatic hydroxyl groups excluding tert-OH is 3. The lowest BCUT2D eigenvalue weighted by atomic mass is 9.75. The van der Waals surface area contributed by atoms with E-state index in [0.717, 1.165) is 45.9 Å². The van der Waals surface area contributed by atoms with E-state index in [2.05, 4.69) is 6.07 Å². The van der Waals surface area contributed by atoms with Crippen LogP contribution in [0, 0.1) is 0 Å². The van der Waals surface area contributed by atoms with E-state index in [0.29, 0.717) is 23.3 Å². The SMILES string of the molecule is COc1ccc(CCc2ccc3c4c(ccc3c2)C2=C([C@H](O)CC=C2)[C@@H](O)[C@H]4O)cc1O. The number of allylic oxidation sites excluding steroid dienone is 2. The van der Waals surface area contributed by atoms with Crippen molar-refractivity contribution in [2.75, 3.05) is 7.11 Å². The Morgan fingerprint density at radius 3 is 2.41 bits per heavy atom. The Hall–Kier alpha value is -3.12. The van der Waals surface area contributed by atoms with Gasteiger partial charge in [-0.1, -0.05) is 48.6 Å². The highest BCUT2D eigenvalue weighted by atomic mass is 16.5. The van der Waals surface area contributed by atoms with Crippen LogP contribution in [0.1, 0.15) is 34.8 Å². The van der Waals surface area contributed by atoms with Crippen LogP contribution in [0.15, 0.2) is 66.3 Å². The molecular weight excluding hydrogens is 404 g/mol. The van der Waals surface area contributed by atoms with Gasteiger partial charge in [0.05, 0.1) is 13.2 Å². The van der Waals surface area contributed by atoms with Crippen LogP contribution >= 0.6 is 0 Å². The van der Waals surface area contributed by atoms with E-state index in [4.69, 9.17) is 4.74 Å². The van der Waals surface area contributed by atoms with Gasteiger partial charge in [0, 0.05) is 0 Å². The van der Waals surface area contributed by atoms with Crippen molar-refractivity contribution < 1.29 is 25.2 Å². The van der Waals surface area contributed by atoms with E-state index in [9.17, 15) is 20.4 Å². The monoisotopic (exact) mass is 430 g/mol. The first-order chi connectivity index (χ1) is 15.5. The minimum Gasteiger partial charge on any atom is -0.504 e. The predicted molar refractivity (Wildman–Crippen MR) is 124 cm³/mol. The fourth-order valence-corrected chi connectivity index (χ4v) is 4.94. The maximum atomic E-state index is 10.9. The van der Waals surface area contributed by atoms with Crippen LogP contribution in [0.2, 0.25) is 0 Å². The number of fused-ring (bicyclic) bond motifs is 4. The molecule has 3 aromatic carbocycles. The zero-order valence-electron chi connectivity index (χ0n) is 17.8. The third-order valence-corrected chi connectivity index (χ3v) is 6.59. The molecule has 0 spiro atoms. The first-order valence-corrected chi connectivity index (χ1v) is 10.8. The minimum atomic E-state index is -1.12. The second-order valence-corrected chi connectivity index (χ2v) is 8.50. The molecule has 5 rings (SSSR count). The van der Waals surface area contributed by atoms with E-state index in [-0.39, 0.29) is 5.75 Å². The Labute approximate surface area is 186 Å². The van der Waals surface area contributed by atoms with Crippen molar-refractivity contribution in [2.24, 2.45) is 0 Å². The van der Waals surface area contributed by atoms with E-state index < -0.39 is 18.3 Å². The van der Waals surface area contributed by atoms with Crippen LogP contribution in [0.5, 0.6) is 11.5 Å². The summed E-state index contributed by atoms with van der Waals surface area (Å²) in [6.07, 6.45) is 2.88. The average Bonchev–Trinajstić information content (AvgIpc) is 2.80. The third kappa shape index (κ3) is 3.39. The van der Waals surface area contributed by atoms with Gasteiger partial charge in [-0.2, -0.15) is 0 Å². The summed E-state index contributed by atoms with van der Waals surface area (Å²) < 4.78 is 5.10. The van der Waals surface area contributed by atoms with Crippen LogP contribution in [0.4, 0.5) is 0 Å². The van der Waals surface area contributed by atoms with Crippen molar-refractivity contribution in [2.45, 2.75) is 37.6 Å². The summed E-state index contributed by atoms with van der Waals surface area (Å²) in [5.41, 5.74) is 5.05. The quantitative estimate of drug-likeness (QED) is 0.505. The molecule has 0 radical (unpaired) electrons. The van der Waals surface area contributed by atoms with Crippen molar-refractivity contribution in [3.8, 4) is 11.5 Å². The molecule has 32 heavy (non-hydrogen) atoms. The van der Waals surface area contributed by atoms with Crippen molar-refractivity contribution in [3.05, 3.63) is 88.5 Å². The molecule has 2 aliphatic rings. The zero-order valence-corrected chi connectivity index (χ0v) is 17.8. The fourth-order valence-electron chi connectivity index (χ4n) is 4.94. The van der Waals surface area contributed by atoms with Gasteiger partial charge in [0.2, 0.25) is 0 Å². The first-order valence-electron chi connectivity index (χ1n) is 10.8. The molecule has 164 valence electrons. The molecule has 0 aliphatic heterocycles. The van der Waals surface area contributed by atoms with Gasteiger partial charge in [-0.15, -0.1) is 0 Å². The lowest BCUT2D eigenvalue weighted by molar-refractivity contribution is 0.0245. The molecule has 4 N–H and O–H groups in total. The van der Waals surface area contributed by atoms with Crippen molar-refractivity contribution in [1.29, 1.82) is 0 Å². The number of phenolic OH excluding ortho intramolecular Hbond substituents is 1. The van der Waals surface area contributed by atoms with Crippen LogP contribution in [0.3, 0.4) is 0 Å². The molecule has 0 fully saturated rings. The zero-order chi connectivity index (χ0) is 22.4. The van der Waals surface area contributed by atoms with Gasteiger partial charge in [-0.3, -0.25) is 0 Å². The van der Waals surface area contributed by atoms with E-state index in [1.54, 1.807) is 12.1 Å². The van der Waals surface area contributed by atoms with Crippen LogP contribution in [-0.2, 0) is 12.8 Å². The highest BCUT2D eigenvalue weighted by Crippen LogP contribution is 2.44. The van der Waals surface area contributed by atoms with Gasteiger partial charge in [0.15, 0.2) is 11.5 Å². The number of benzene rings is 3. The molecular formula is C27H26O5. The number of methoxy groups -OCH3 is 1. The smallest absolute Gasteiger partial charge is 0.160 e. The Morgan fingerprint density at radius 1 is 0.906 bits per heavy atom. The second kappa shape index (κ2) is 8.10. The van der Waals surface area contributed by atoms with Crippen LogP contribution < -0.4 is 4.74 Å². The Bertz CT molecular complexity index is 1260. The lowest BCUT2D eigenvalue weighted by Crippen LogP contribution is -2.33. The van der Waals surface area contributed by atoms with Crippen molar-refractivity contribution in [3.63, 3.8) is 0 Å². The van der Waals surface area contributed by atoms with Gasteiger partial charge in [-0.05, 0) is 75.6 Å². The highest BCUT2D eigenvalue weighted by Gasteiger charge is 2.37. The summed E-state index contributed by atoms with van der Waals surface area (Å²) in [6.45, 7) is 0. The minimum absolute atomic E-state index is 0.137. The maximum absolute atomic E-state index is 10.9. The molecule has 5 nitrogen and oxygen atoms in total. The maximum Gasteiger partial charge on any atom is 0.160 e. The number of hydrogen-bond donors (Lipinski definition) is 4. The predicted octanol–water partition coefficient (Wildman–Crippen LogP) is 3.82. The van der Waals surface area contributed by atoms with Gasteiger partial charge in [-0.25, -0.2) is 0 Å². The lowest BCUT2D eigenvalue weighted by Gasteiger charge is -2.35. The van der Waals surface area contributed by atoms with E-state index in [1.807, 2.05) is 42.5 Å². The second-order valence-electron chi connectivity index (χ2n) is 8.50. The van der Waals surface area contributed by atoms with Crippen molar-refractivity contribution in [1.82, 2.24) is 0 Å². The molecule has 3 aromatic rings. The standard InChI is InChI=1S/C27H26O5/c1-32-23-12-8-16(14-22(23)29)6-5-15-7-10-18-17(13-15)9-11-20-19-3-2-4-21(28)25(19)27(31)26(30)24(18)20/h2-3,7-14,21,26-31H,4-6H2,1H3/t21-,26+,27-/m1/s1. The summed E-state index contributed by atoms with van der Waals surface area (Å²) in [7, 11) is 1.53. The van der Waals surface area contributed by atoms with Crippen LogP contribution in [0.25, 0.3) is 16.3 Å². The number of hydrogen-bond acceptors (Lipinski definition) is 5. The number of ether oxygens (including phenoxy) is 1. The summed E-state index contributed by atoms with van der Waals surface area (Å²) in [4.78, 5) is 0. The summed E-state index contributed by atoms with van der Waals surface area (Å²) in [5, 5.41) is 43.9. The molecule has 0 saturated heterocycles. The average molecular weight is 431 g/mol. The highest BCUT2D eigenvalue weighted by molar-refractivity contribution is 5.95. The van der Waals surface area contributed by atoms with E-state index >= 15 is 0 Å². The van der Waals surface area contributed by atoms with Crippen molar-refractivity contribution >= 4 is 16.3 Å². The third-order valence-electron chi connectivity index (χ3n) is 6.59. The molecule has 0 aromatic heterocycles. The fraction of sp³-hybridized carbons (Fsp3) is 0.259. The normalized spacial score (nSPS) is 22.1. The number of aliphatic hydroxyl groups is 3. The molecule has 5 heteroatoms. The number of aryl methyl sites for hydroxylation is 2. The van der Waals surface area contributed by atoms with Crippen LogP contribution in [-0.4, -0.2) is 39.7 Å². The summed E-state index contributed by atoms with van der Waals surface area (Å²) >= 11 is 0. The van der Waals surface area contributed by atoms with Gasteiger partial charge in [0.25, 0.3) is 0 Å². The molecule has 0 heterocycles. The Balaban J connectivity index is 1.48. The van der Waals surface area contributed by atoms with Gasteiger partial charge >= 0.3 is 0 Å². The Kier molecular flexibility index (Phi) is 5.25. The summed E-state index contributed by atoms with van der Waals surface area (Å²) in [6, 6.07) is 15.6. The topological polar surface area (TPSA) is 90.2 Å². The number of rotatable bonds is 4. The van der Waals surface area contributed by atoms with E-state index in [1.165, 1.54) is 7.11 Å². The number of phenols is 1. The van der Waals surface area contributed by atoms with Gasteiger partial charge < -0.3 is 25.2 Å². The molecule has 0 unspecified atom stereocenters. The molecule has 0 amide bonds. The van der Waals surface area contributed by atoms with Gasteiger partial charge in [0.1, 0.15) is 12.2 Å². The number of aromatic hydroxyl groups is 1. The Morgan fingerprint density at radius 2 is 1.66 bits per heavy atom. The molecule has 3 atom stereocenters. The summed E-state index contributed by atoms with van der Waals surface area (Å²) in [5.74, 6) is 0.599. The largest absolute Gasteiger partial charge is 0.504 e. The molecule has 2 aliphatic carbocycles. The molecule has 0 bridgehead atoms.